The van der Waals surface area contributed by atoms with E-state index in [2.05, 4.69) is 5.92 Å². The van der Waals surface area contributed by atoms with Crippen LogP contribution in [0.3, 0.4) is 0 Å². The lowest BCUT2D eigenvalue weighted by molar-refractivity contribution is -0.111. The predicted molar refractivity (Wildman–Crippen MR) is 38.2 cm³/mol. The highest BCUT2D eigenvalue weighted by molar-refractivity contribution is 6.63. The molecule has 0 fully saturated rings. The monoisotopic (exact) mass is 144 g/mol. The Kier molecular flexibility index (Phi) is 5.35. The van der Waals surface area contributed by atoms with Gasteiger partial charge in [-0.25, -0.2) is 0 Å². The predicted octanol–water partition coefficient (Wildman–Crippen LogP) is 1.95. The molecule has 0 aromatic rings. The normalized spacial score (nSPS) is 8.44. The van der Waals surface area contributed by atoms with Crippen molar-refractivity contribution in [1.82, 2.24) is 0 Å². The molecule has 0 aliphatic rings. The van der Waals surface area contributed by atoms with Crippen molar-refractivity contribution in [1.29, 1.82) is 0 Å². The van der Waals surface area contributed by atoms with Crippen LogP contribution in [0.4, 0.5) is 0 Å². The standard InChI is InChI=1S/C7H9ClO/c1-2-3-4-5-6-7(8)9/h1H,3-6H2. The molecule has 0 rings (SSSR count). The van der Waals surface area contributed by atoms with E-state index in [0.29, 0.717) is 6.42 Å². The van der Waals surface area contributed by atoms with Crippen molar-refractivity contribution in [2.45, 2.75) is 25.7 Å². The molecule has 1 nitrogen and oxygen atoms in total. The summed E-state index contributed by atoms with van der Waals surface area (Å²) < 4.78 is 0. The van der Waals surface area contributed by atoms with Crippen molar-refractivity contribution in [3.05, 3.63) is 0 Å². The molecular weight excluding hydrogens is 136 g/mol. The summed E-state index contributed by atoms with van der Waals surface area (Å²) >= 11 is 5.07. The van der Waals surface area contributed by atoms with Crippen LogP contribution < -0.4 is 0 Å². The highest BCUT2D eigenvalue weighted by Gasteiger charge is 1.93. The Labute approximate surface area is 60.4 Å². The molecule has 0 aliphatic carbocycles. The first-order valence-corrected chi connectivity index (χ1v) is 3.27. The molecule has 0 spiro atoms. The Morgan fingerprint density at radius 2 is 2.22 bits per heavy atom. The van der Waals surface area contributed by atoms with Crippen LogP contribution in [0.15, 0.2) is 0 Å². The van der Waals surface area contributed by atoms with Gasteiger partial charge in [0, 0.05) is 12.8 Å². The van der Waals surface area contributed by atoms with Crippen LogP contribution in [0.5, 0.6) is 0 Å². The molecule has 0 atom stereocenters. The molecular formula is C7H9ClO. The van der Waals surface area contributed by atoms with E-state index in [0.717, 1.165) is 19.3 Å². The lowest BCUT2D eigenvalue weighted by Crippen LogP contribution is -1.84. The maximum absolute atomic E-state index is 10.1. The number of halogens is 1. The zero-order valence-corrected chi connectivity index (χ0v) is 5.95. The van der Waals surface area contributed by atoms with Crippen molar-refractivity contribution in [3.8, 4) is 12.3 Å². The van der Waals surface area contributed by atoms with Gasteiger partial charge in [0.2, 0.25) is 5.24 Å². The minimum absolute atomic E-state index is 0.271. The van der Waals surface area contributed by atoms with Gasteiger partial charge in [-0.3, -0.25) is 4.79 Å². The Morgan fingerprint density at radius 3 is 2.67 bits per heavy atom. The summed E-state index contributed by atoms with van der Waals surface area (Å²) in [6, 6.07) is 0. The maximum Gasteiger partial charge on any atom is 0.221 e. The summed E-state index contributed by atoms with van der Waals surface area (Å²) in [5.74, 6) is 2.49. The van der Waals surface area contributed by atoms with Crippen LogP contribution in [0.1, 0.15) is 25.7 Å². The van der Waals surface area contributed by atoms with Crippen molar-refractivity contribution in [3.63, 3.8) is 0 Å². The van der Waals surface area contributed by atoms with E-state index in [1.807, 2.05) is 0 Å². The van der Waals surface area contributed by atoms with Gasteiger partial charge >= 0.3 is 0 Å². The van der Waals surface area contributed by atoms with E-state index in [1.54, 1.807) is 0 Å². The lowest BCUT2D eigenvalue weighted by atomic mass is 10.2. The molecule has 0 amide bonds. The summed E-state index contributed by atoms with van der Waals surface area (Å²) in [6.45, 7) is 0. The quantitative estimate of drug-likeness (QED) is 0.335. The Balaban J connectivity index is 2.94. The topological polar surface area (TPSA) is 17.1 Å². The number of carbonyl (C=O) groups is 1. The molecule has 0 bridgehead atoms. The molecule has 0 radical (unpaired) electrons. The van der Waals surface area contributed by atoms with E-state index in [1.165, 1.54) is 0 Å². The first kappa shape index (κ1) is 8.52. The number of carbonyl (C=O) groups excluding carboxylic acids is 1. The average Bonchev–Trinajstić information content (AvgIpc) is 1.80. The van der Waals surface area contributed by atoms with E-state index >= 15 is 0 Å². The summed E-state index contributed by atoms with van der Waals surface area (Å²) in [5.41, 5.74) is 0. The van der Waals surface area contributed by atoms with Crippen molar-refractivity contribution >= 4 is 16.8 Å². The molecule has 9 heavy (non-hydrogen) atoms. The summed E-state index contributed by atoms with van der Waals surface area (Å²) in [7, 11) is 0. The fourth-order valence-electron chi connectivity index (χ4n) is 0.491. The van der Waals surface area contributed by atoms with Gasteiger partial charge in [0.1, 0.15) is 0 Å². The van der Waals surface area contributed by atoms with Crippen molar-refractivity contribution in [2.75, 3.05) is 0 Å². The average molecular weight is 145 g/mol. The van der Waals surface area contributed by atoms with E-state index in [9.17, 15) is 4.79 Å². The number of hydrogen-bond acceptors (Lipinski definition) is 1. The van der Waals surface area contributed by atoms with Crippen LogP contribution in [-0.4, -0.2) is 5.24 Å². The molecule has 0 N–H and O–H groups in total. The van der Waals surface area contributed by atoms with E-state index < -0.39 is 0 Å². The highest BCUT2D eigenvalue weighted by Crippen LogP contribution is 2.00. The molecule has 0 aliphatic heterocycles. The van der Waals surface area contributed by atoms with Gasteiger partial charge in [-0.2, -0.15) is 0 Å². The summed E-state index contributed by atoms with van der Waals surface area (Å²) in [4.78, 5) is 10.1. The minimum atomic E-state index is -0.271. The zero-order valence-electron chi connectivity index (χ0n) is 5.19. The molecule has 0 aromatic carbocycles. The fraction of sp³-hybridized carbons (Fsp3) is 0.571. The van der Waals surface area contributed by atoms with Gasteiger partial charge in [-0.15, -0.1) is 12.3 Å². The van der Waals surface area contributed by atoms with Gasteiger partial charge < -0.3 is 0 Å². The Bertz CT molecular complexity index is 123. The maximum atomic E-state index is 10.1. The number of unbranched alkanes of at least 4 members (excludes halogenated alkanes) is 2. The third-order valence-corrected chi connectivity index (χ3v) is 1.13. The SMILES string of the molecule is C#CCCCCC(=O)Cl. The van der Waals surface area contributed by atoms with E-state index in [-0.39, 0.29) is 5.24 Å². The number of rotatable bonds is 4. The first-order chi connectivity index (χ1) is 4.27. The molecule has 0 saturated heterocycles. The second-order valence-corrected chi connectivity index (χ2v) is 2.19. The van der Waals surface area contributed by atoms with Gasteiger partial charge in [0.05, 0.1) is 0 Å². The number of hydrogen-bond donors (Lipinski definition) is 0. The Hall–Kier alpha value is -0.480. The van der Waals surface area contributed by atoms with Crippen LogP contribution in [-0.2, 0) is 4.79 Å². The molecule has 0 saturated carbocycles. The summed E-state index contributed by atoms with van der Waals surface area (Å²) in [6.07, 6.45) is 7.88. The van der Waals surface area contributed by atoms with E-state index in [4.69, 9.17) is 18.0 Å². The van der Waals surface area contributed by atoms with Crippen molar-refractivity contribution < 1.29 is 4.79 Å². The third-order valence-electron chi connectivity index (χ3n) is 0.944. The van der Waals surface area contributed by atoms with Gasteiger partial charge in [0.25, 0.3) is 0 Å². The molecule has 0 aromatic heterocycles. The number of terminal acetylenes is 1. The second kappa shape index (κ2) is 5.65. The fourth-order valence-corrected chi connectivity index (χ4v) is 0.625. The van der Waals surface area contributed by atoms with Gasteiger partial charge in [-0.1, -0.05) is 0 Å². The molecule has 50 valence electrons. The van der Waals surface area contributed by atoms with Crippen LogP contribution in [0.2, 0.25) is 0 Å². The van der Waals surface area contributed by atoms with Crippen LogP contribution in [0, 0.1) is 12.3 Å². The minimum Gasteiger partial charge on any atom is -0.281 e. The lowest BCUT2D eigenvalue weighted by Gasteiger charge is -1.89. The van der Waals surface area contributed by atoms with Gasteiger partial charge in [-0.05, 0) is 24.4 Å². The first-order valence-electron chi connectivity index (χ1n) is 2.89. The molecule has 0 heterocycles. The zero-order chi connectivity index (χ0) is 7.11. The summed E-state index contributed by atoms with van der Waals surface area (Å²) in [5, 5.41) is -0.271. The molecule has 0 unspecified atom stereocenters. The second-order valence-electron chi connectivity index (χ2n) is 1.77. The third kappa shape index (κ3) is 7.52. The largest absolute Gasteiger partial charge is 0.281 e. The van der Waals surface area contributed by atoms with Crippen molar-refractivity contribution in [2.24, 2.45) is 0 Å². The Morgan fingerprint density at radius 1 is 1.56 bits per heavy atom. The molecule has 2 heteroatoms. The smallest absolute Gasteiger partial charge is 0.221 e. The highest BCUT2D eigenvalue weighted by atomic mass is 35.5. The van der Waals surface area contributed by atoms with Gasteiger partial charge in [0.15, 0.2) is 0 Å². The van der Waals surface area contributed by atoms with Crippen LogP contribution >= 0.6 is 11.6 Å². The van der Waals surface area contributed by atoms with Crippen LogP contribution in [0.25, 0.3) is 0 Å².